The summed E-state index contributed by atoms with van der Waals surface area (Å²) in [7, 11) is 0. The first kappa shape index (κ1) is 19.5. The Morgan fingerprint density at radius 3 is 2.66 bits per heavy atom. The number of rotatable bonds is 3. The normalized spacial score (nSPS) is 25.7. The topological polar surface area (TPSA) is 95.4 Å². The number of nitrogens with one attached hydrogen (secondary N) is 1. The summed E-state index contributed by atoms with van der Waals surface area (Å²) >= 11 is 0. The highest BCUT2D eigenvalue weighted by molar-refractivity contribution is 5.92. The molecule has 10 nitrogen and oxygen atoms in total. The van der Waals surface area contributed by atoms with Crippen molar-refractivity contribution in [2.45, 2.75) is 44.9 Å². The van der Waals surface area contributed by atoms with Crippen molar-refractivity contribution in [3.05, 3.63) is 24.5 Å². The van der Waals surface area contributed by atoms with Crippen LogP contribution in [0.3, 0.4) is 0 Å². The van der Waals surface area contributed by atoms with E-state index in [4.69, 9.17) is 9.72 Å². The van der Waals surface area contributed by atoms with E-state index in [-0.39, 0.29) is 24.2 Å². The third-order valence-corrected chi connectivity index (χ3v) is 6.96. The van der Waals surface area contributed by atoms with E-state index in [9.17, 15) is 4.79 Å². The van der Waals surface area contributed by atoms with Crippen LogP contribution in [0.15, 0.2) is 24.5 Å². The van der Waals surface area contributed by atoms with Crippen LogP contribution >= 0.6 is 0 Å². The molecule has 3 fully saturated rings. The Morgan fingerprint density at radius 1 is 1.16 bits per heavy atom. The molecule has 3 aromatic rings. The summed E-state index contributed by atoms with van der Waals surface area (Å²) in [6.07, 6.45) is 6.46. The van der Waals surface area contributed by atoms with Crippen LogP contribution in [0.5, 0.6) is 0 Å². The van der Waals surface area contributed by atoms with Crippen molar-refractivity contribution in [3.63, 3.8) is 0 Å². The lowest BCUT2D eigenvalue weighted by Crippen LogP contribution is -2.53. The van der Waals surface area contributed by atoms with Gasteiger partial charge in [-0.2, -0.15) is 14.9 Å². The first-order valence-electron chi connectivity index (χ1n) is 11.4. The van der Waals surface area contributed by atoms with Gasteiger partial charge in [-0.15, -0.1) is 0 Å². The summed E-state index contributed by atoms with van der Waals surface area (Å²) in [6.45, 7) is 7.75. The van der Waals surface area contributed by atoms with Crippen LogP contribution in [0.25, 0.3) is 16.9 Å². The number of pyridine rings is 1. The number of hydrogen-bond acceptors (Lipinski definition) is 7. The predicted octanol–water partition coefficient (Wildman–Crippen LogP) is 1.57. The number of H-pyrrole nitrogens is 1. The second kappa shape index (κ2) is 7.47. The zero-order chi connectivity index (χ0) is 21.8. The fourth-order valence-electron chi connectivity index (χ4n) is 5.31. The number of ether oxygens (including phenoxy) is 1. The number of aromatic amines is 1. The molecule has 0 spiro atoms. The standard InChI is InChI=1S/C22H28N8O2/c1-14-11-27(15(2)31)7-8-29(14)19-9-21(28-12-16-3-4-17(13-28)32-16)25-22-18(19)10-24-30(22)20-5-6-23-26-20/h5-6,9-10,14,16-17H,3-4,7-8,11-13H2,1-2H3,(H,23,26)/t14?,16-,17+. The Balaban J connectivity index is 1.44. The zero-order valence-electron chi connectivity index (χ0n) is 18.4. The van der Waals surface area contributed by atoms with E-state index >= 15 is 0 Å². The molecule has 0 radical (unpaired) electrons. The van der Waals surface area contributed by atoms with E-state index in [2.05, 4.69) is 38.1 Å². The number of morpholine rings is 1. The van der Waals surface area contributed by atoms with Gasteiger partial charge in [-0.3, -0.25) is 9.89 Å². The van der Waals surface area contributed by atoms with Crippen LogP contribution in [-0.4, -0.2) is 86.7 Å². The number of piperazine rings is 1. The van der Waals surface area contributed by atoms with E-state index in [1.165, 1.54) is 0 Å². The maximum Gasteiger partial charge on any atom is 0.219 e. The molecule has 0 aliphatic carbocycles. The summed E-state index contributed by atoms with van der Waals surface area (Å²) in [6, 6.07) is 4.29. The fourth-order valence-corrected chi connectivity index (χ4v) is 5.31. The molecule has 3 aliphatic rings. The monoisotopic (exact) mass is 436 g/mol. The first-order valence-corrected chi connectivity index (χ1v) is 11.4. The average molecular weight is 437 g/mol. The van der Waals surface area contributed by atoms with Crippen LogP contribution < -0.4 is 9.80 Å². The zero-order valence-corrected chi connectivity index (χ0v) is 18.4. The van der Waals surface area contributed by atoms with Gasteiger partial charge in [0.15, 0.2) is 11.5 Å². The number of anilines is 2. The van der Waals surface area contributed by atoms with Crippen molar-refractivity contribution >= 4 is 28.4 Å². The minimum atomic E-state index is 0.132. The molecular weight excluding hydrogens is 408 g/mol. The first-order chi connectivity index (χ1) is 15.6. The Kier molecular flexibility index (Phi) is 4.56. The number of aromatic nitrogens is 5. The summed E-state index contributed by atoms with van der Waals surface area (Å²) in [4.78, 5) is 23.6. The molecule has 3 aromatic heterocycles. The van der Waals surface area contributed by atoms with E-state index in [0.29, 0.717) is 18.9 Å². The number of amides is 1. The van der Waals surface area contributed by atoms with Crippen LogP contribution in [0.4, 0.5) is 11.5 Å². The van der Waals surface area contributed by atoms with Gasteiger partial charge in [0, 0.05) is 64.0 Å². The van der Waals surface area contributed by atoms with Crippen molar-refractivity contribution in [2.75, 3.05) is 42.5 Å². The van der Waals surface area contributed by atoms with Gasteiger partial charge < -0.3 is 19.4 Å². The van der Waals surface area contributed by atoms with Crippen LogP contribution in [0.1, 0.15) is 26.7 Å². The lowest BCUT2D eigenvalue weighted by Gasteiger charge is -2.41. The highest BCUT2D eigenvalue weighted by atomic mass is 16.5. The minimum absolute atomic E-state index is 0.132. The molecule has 6 rings (SSSR count). The van der Waals surface area contributed by atoms with Gasteiger partial charge >= 0.3 is 0 Å². The van der Waals surface area contributed by atoms with Gasteiger partial charge in [-0.1, -0.05) is 0 Å². The SMILES string of the molecule is CC(=O)N1CCN(c2cc(N3C[C@H]4CC[C@@H](C3)O4)nc3c2cnn3-c2cc[nH]n2)C(C)C1. The number of carbonyl (C=O) groups excluding carboxylic acids is 1. The Morgan fingerprint density at radius 2 is 1.97 bits per heavy atom. The summed E-state index contributed by atoms with van der Waals surface area (Å²) < 4.78 is 7.85. The molecule has 3 aliphatic heterocycles. The van der Waals surface area contributed by atoms with Gasteiger partial charge in [-0.05, 0) is 19.8 Å². The van der Waals surface area contributed by atoms with Gasteiger partial charge in [-0.25, -0.2) is 4.98 Å². The summed E-state index contributed by atoms with van der Waals surface area (Å²) in [5.41, 5.74) is 1.91. The Labute approximate surface area is 186 Å². The number of carbonyl (C=O) groups is 1. The Hall–Kier alpha value is -3.14. The minimum Gasteiger partial charge on any atom is -0.371 e. The van der Waals surface area contributed by atoms with Gasteiger partial charge in [0.2, 0.25) is 5.91 Å². The summed E-state index contributed by atoms with van der Waals surface area (Å²) in [5.74, 6) is 1.80. The molecule has 10 heteroatoms. The molecule has 3 atom stereocenters. The smallest absolute Gasteiger partial charge is 0.219 e. The third kappa shape index (κ3) is 3.21. The molecule has 32 heavy (non-hydrogen) atoms. The van der Waals surface area contributed by atoms with Crippen molar-refractivity contribution in [2.24, 2.45) is 0 Å². The number of nitrogens with zero attached hydrogens (tertiary/aromatic N) is 7. The molecular formula is C22H28N8O2. The van der Waals surface area contributed by atoms with Gasteiger partial charge in [0.1, 0.15) is 5.82 Å². The Bertz CT molecular complexity index is 1130. The van der Waals surface area contributed by atoms with Gasteiger partial charge in [0.05, 0.1) is 29.5 Å². The average Bonchev–Trinajstić information content (AvgIpc) is 3.52. The highest BCUT2D eigenvalue weighted by Gasteiger charge is 2.35. The second-order valence-electron chi connectivity index (χ2n) is 9.10. The number of fused-ring (bicyclic) bond motifs is 3. The molecule has 1 N–H and O–H groups in total. The fraction of sp³-hybridized carbons (Fsp3) is 0.545. The van der Waals surface area contributed by atoms with Crippen molar-refractivity contribution in [1.29, 1.82) is 0 Å². The molecule has 0 saturated carbocycles. The molecule has 168 valence electrons. The maximum atomic E-state index is 11.9. The van der Waals surface area contributed by atoms with E-state index in [0.717, 1.165) is 55.0 Å². The van der Waals surface area contributed by atoms with Crippen molar-refractivity contribution in [3.8, 4) is 5.82 Å². The van der Waals surface area contributed by atoms with E-state index in [1.54, 1.807) is 17.8 Å². The van der Waals surface area contributed by atoms with E-state index in [1.807, 2.05) is 17.2 Å². The van der Waals surface area contributed by atoms with Gasteiger partial charge in [0.25, 0.3) is 0 Å². The molecule has 2 bridgehead atoms. The molecule has 3 saturated heterocycles. The van der Waals surface area contributed by atoms with E-state index < -0.39 is 0 Å². The molecule has 6 heterocycles. The van der Waals surface area contributed by atoms with Crippen molar-refractivity contribution in [1.82, 2.24) is 29.9 Å². The molecule has 1 unspecified atom stereocenters. The van der Waals surface area contributed by atoms with Crippen LogP contribution in [0.2, 0.25) is 0 Å². The maximum absolute atomic E-state index is 11.9. The molecule has 1 amide bonds. The quantitative estimate of drug-likeness (QED) is 0.666. The lowest BCUT2D eigenvalue weighted by atomic mass is 10.1. The highest BCUT2D eigenvalue weighted by Crippen LogP contribution is 2.35. The molecule has 0 aromatic carbocycles. The largest absolute Gasteiger partial charge is 0.371 e. The summed E-state index contributed by atoms with van der Waals surface area (Å²) in [5, 5.41) is 12.8. The third-order valence-electron chi connectivity index (χ3n) is 6.96. The van der Waals surface area contributed by atoms with Crippen molar-refractivity contribution < 1.29 is 9.53 Å². The second-order valence-corrected chi connectivity index (χ2v) is 9.10. The predicted molar refractivity (Wildman–Crippen MR) is 120 cm³/mol. The number of hydrogen-bond donors (Lipinski definition) is 1. The lowest BCUT2D eigenvalue weighted by molar-refractivity contribution is -0.129. The van der Waals surface area contributed by atoms with Crippen LogP contribution in [0, 0.1) is 0 Å². The van der Waals surface area contributed by atoms with Crippen LogP contribution in [-0.2, 0) is 9.53 Å².